The zero-order chi connectivity index (χ0) is 22.0. The lowest BCUT2D eigenvalue weighted by atomic mass is 9.56. The fourth-order valence-corrected chi connectivity index (χ4v) is 5.49. The molecule has 164 valence electrons. The largest absolute Gasteiger partial charge is 0.447 e. The number of ether oxygens (including phenoxy) is 1. The molecule has 0 atom stereocenters. The van der Waals surface area contributed by atoms with E-state index < -0.39 is 23.4 Å². The van der Waals surface area contributed by atoms with Crippen LogP contribution in [0.25, 0.3) is 0 Å². The number of nitrogens with one attached hydrogen (secondary N) is 1. The lowest BCUT2D eigenvalue weighted by Crippen LogP contribution is -2.74. The van der Waals surface area contributed by atoms with Gasteiger partial charge in [0.1, 0.15) is 12.1 Å². The van der Waals surface area contributed by atoms with Crippen LogP contribution in [0.4, 0.5) is 22.8 Å². The third kappa shape index (κ3) is 3.36. The Morgan fingerprint density at radius 1 is 1.23 bits per heavy atom. The average Bonchev–Trinajstić information content (AvgIpc) is 3.02. The van der Waals surface area contributed by atoms with Crippen LogP contribution in [-0.4, -0.2) is 60.2 Å². The number of alkyl carbamates (subject to hydrolysis) is 1. The Kier molecular flexibility index (Phi) is 4.20. The molecule has 1 aliphatic carbocycles. The summed E-state index contributed by atoms with van der Waals surface area (Å²) >= 11 is 0. The van der Waals surface area contributed by atoms with Crippen molar-refractivity contribution in [1.29, 1.82) is 5.26 Å². The van der Waals surface area contributed by atoms with Crippen LogP contribution in [0.3, 0.4) is 0 Å². The molecule has 0 bridgehead atoms. The maximum absolute atomic E-state index is 12.9. The molecular weight excluding hydrogens is 413 g/mol. The van der Waals surface area contributed by atoms with E-state index in [-0.39, 0.29) is 23.6 Å². The van der Waals surface area contributed by atoms with Crippen LogP contribution in [0.2, 0.25) is 0 Å². The van der Waals surface area contributed by atoms with Crippen molar-refractivity contribution in [3.05, 3.63) is 34.9 Å². The van der Waals surface area contributed by atoms with Crippen LogP contribution in [0.1, 0.15) is 29.5 Å². The third-order valence-corrected chi connectivity index (χ3v) is 6.94. The number of rotatable bonds is 2. The van der Waals surface area contributed by atoms with Gasteiger partial charge in [-0.3, -0.25) is 0 Å². The Labute approximate surface area is 176 Å². The number of halogens is 3. The second kappa shape index (κ2) is 6.52. The minimum atomic E-state index is -4.46. The normalized spacial score (nSPS) is 23.5. The first-order valence-electron chi connectivity index (χ1n) is 10.2. The van der Waals surface area contributed by atoms with Crippen LogP contribution in [0.15, 0.2) is 18.2 Å². The maximum atomic E-state index is 12.9. The second-order valence-electron chi connectivity index (χ2n) is 9.44. The topological polar surface area (TPSA) is 85.7 Å². The number of urea groups is 1. The smallest absolute Gasteiger partial charge is 0.416 e. The molecule has 1 saturated carbocycles. The van der Waals surface area contributed by atoms with Crippen molar-refractivity contribution in [2.45, 2.75) is 31.0 Å². The number of nitriles is 1. The highest BCUT2D eigenvalue weighted by Crippen LogP contribution is 2.53. The molecule has 0 aromatic heterocycles. The molecule has 0 unspecified atom stereocenters. The fourth-order valence-electron chi connectivity index (χ4n) is 5.49. The zero-order valence-electron chi connectivity index (χ0n) is 16.7. The van der Waals surface area contributed by atoms with Crippen molar-refractivity contribution in [2.75, 3.05) is 32.8 Å². The van der Waals surface area contributed by atoms with Gasteiger partial charge in [-0.05, 0) is 42.9 Å². The number of amides is 3. The summed E-state index contributed by atoms with van der Waals surface area (Å²) in [5.41, 5.74) is -0.420. The molecule has 0 radical (unpaired) electrons. The molecule has 5 rings (SSSR count). The van der Waals surface area contributed by atoms with E-state index >= 15 is 0 Å². The van der Waals surface area contributed by atoms with Crippen molar-refractivity contribution in [1.82, 2.24) is 15.1 Å². The summed E-state index contributed by atoms with van der Waals surface area (Å²) in [6.07, 6.45) is -2.53. The molecule has 4 aliphatic rings. The molecule has 10 heteroatoms. The number of benzene rings is 1. The van der Waals surface area contributed by atoms with Gasteiger partial charge in [-0.25, -0.2) is 9.59 Å². The van der Waals surface area contributed by atoms with Gasteiger partial charge in [0.25, 0.3) is 0 Å². The summed E-state index contributed by atoms with van der Waals surface area (Å²) in [4.78, 5) is 27.3. The number of cyclic esters (lactones) is 1. The van der Waals surface area contributed by atoms with E-state index in [1.165, 1.54) is 6.07 Å². The number of alkyl halides is 3. The predicted octanol–water partition coefficient (Wildman–Crippen LogP) is 2.75. The predicted molar refractivity (Wildman–Crippen MR) is 101 cm³/mol. The Hall–Kier alpha value is -2.96. The van der Waals surface area contributed by atoms with Crippen molar-refractivity contribution in [3.8, 4) is 6.07 Å². The second-order valence-corrected chi connectivity index (χ2v) is 9.44. The highest BCUT2D eigenvalue weighted by Gasteiger charge is 2.57. The summed E-state index contributed by atoms with van der Waals surface area (Å²) in [5, 5.41) is 12.0. The maximum Gasteiger partial charge on any atom is 0.416 e. The van der Waals surface area contributed by atoms with E-state index in [1.54, 1.807) is 9.80 Å². The lowest BCUT2D eigenvalue weighted by Gasteiger charge is -2.61. The van der Waals surface area contributed by atoms with Crippen LogP contribution >= 0.6 is 0 Å². The summed E-state index contributed by atoms with van der Waals surface area (Å²) < 4.78 is 43.5. The number of nitrogens with zero attached hydrogens (tertiary/aromatic N) is 3. The molecule has 7 nitrogen and oxygen atoms in total. The minimum Gasteiger partial charge on any atom is -0.447 e. The molecule has 2 spiro atoms. The van der Waals surface area contributed by atoms with Gasteiger partial charge in [0.2, 0.25) is 0 Å². The fraction of sp³-hybridized carbons (Fsp3) is 0.571. The van der Waals surface area contributed by atoms with Crippen LogP contribution in [0.5, 0.6) is 0 Å². The van der Waals surface area contributed by atoms with Gasteiger partial charge in [0.15, 0.2) is 0 Å². The Bertz CT molecular complexity index is 983. The highest BCUT2D eigenvalue weighted by atomic mass is 19.4. The van der Waals surface area contributed by atoms with Crippen molar-refractivity contribution >= 4 is 12.1 Å². The van der Waals surface area contributed by atoms with E-state index in [0.717, 1.165) is 25.0 Å². The van der Waals surface area contributed by atoms with Crippen molar-refractivity contribution < 1.29 is 27.5 Å². The van der Waals surface area contributed by atoms with E-state index in [0.29, 0.717) is 44.1 Å². The van der Waals surface area contributed by atoms with Gasteiger partial charge >= 0.3 is 18.3 Å². The number of carbonyl (C=O) groups excluding carboxylic acids is 2. The number of likely N-dealkylation sites (tertiary alicyclic amines) is 2. The number of hydrogen-bond acceptors (Lipinski definition) is 4. The Balaban J connectivity index is 1.11. The quantitative estimate of drug-likeness (QED) is 0.776. The molecule has 4 fully saturated rings. The SMILES string of the molecule is N#Cc1cc(C(F)(F)F)ccc1CC1CC2(C1)CN(C(=O)N1CC3(COC(=O)N3)C1)C2. The first-order chi connectivity index (χ1) is 14.6. The summed E-state index contributed by atoms with van der Waals surface area (Å²) in [6, 6.07) is 5.22. The highest BCUT2D eigenvalue weighted by molar-refractivity contribution is 5.78. The van der Waals surface area contributed by atoms with Crippen LogP contribution in [0, 0.1) is 22.7 Å². The number of hydrogen-bond donors (Lipinski definition) is 1. The van der Waals surface area contributed by atoms with Gasteiger partial charge in [0, 0.05) is 18.5 Å². The summed E-state index contributed by atoms with van der Waals surface area (Å²) in [7, 11) is 0. The van der Waals surface area contributed by atoms with E-state index in [1.807, 2.05) is 6.07 Å². The molecule has 31 heavy (non-hydrogen) atoms. The van der Waals surface area contributed by atoms with Gasteiger partial charge in [0.05, 0.1) is 30.3 Å². The molecule has 3 aliphatic heterocycles. The van der Waals surface area contributed by atoms with Crippen LogP contribution < -0.4 is 5.32 Å². The molecule has 3 amide bonds. The molecule has 1 aromatic carbocycles. The molecule has 1 aromatic rings. The minimum absolute atomic E-state index is 0.0321. The molecule has 3 saturated heterocycles. The first-order valence-corrected chi connectivity index (χ1v) is 10.2. The Morgan fingerprint density at radius 3 is 2.48 bits per heavy atom. The summed E-state index contributed by atoms with van der Waals surface area (Å²) in [5.74, 6) is 0.305. The Morgan fingerprint density at radius 2 is 1.90 bits per heavy atom. The van der Waals surface area contributed by atoms with Crippen molar-refractivity contribution in [3.63, 3.8) is 0 Å². The number of carbonyl (C=O) groups is 2. The molecule has 1 N–H and O–H groups in total. The average molecular weight is 434 g/mol. The van der Waals surface area contributed by atoms with Gasteiger partial charge < -0.3 is 19.9 Å². The lowest BCUT2D eigenvalue weighted by molar-refractivity contribution is -0.137. The molecule has 3 heterocycles. The van der Waals surface area contributed by atoms with E-state index in [4.69, 9.17) is 4.74 Å². The third-order valence-electron chi connectivity index (χ3n) is 6.94. The zero-order valence-corrected chi connectivity index (χ0v) is 16.7. The first kappa shape index (κ1) is 20.0. The monoisotopic (exact) mass is 434 g/mol. The van der Waals surface area contributed by atoms with Crippen molar-refractivity contribution in [2.24, 2.45) is 11.3 Å². The van der Waals surface area contributed by atoms with E-state index in [2.05, 4.69) is 5.32 Å². The van der Waals surface area contributed by atoms with Gasteiger partial charge in [-0.2, -0.15) is 18.4 Å². The standard InChI is InChI=1S/C21H21F3N4O3/c22-21(23,24)16-2-1-14(15(4-16)7-25)3-13-5-19(6-13)8-27(9-19)18(30)28-10-20(11-28)12-31-17(29)26-20/h1-2,4,13H,3,5-6,8-12H2,(H,26,29). The molecular formula is C21H21F3N4O3. The van der Waals surface area contributed by atoms with Gasteiger partial charge in [-0.15, -0.1) is 0 Å². The van der Waals surface area contributed by atoms with E-state index in [9.17, 15) is 28.0 Å². The van der Waals surface area contributed by atoms with Gasteiger partial charge in [-0.1, -0.05) is 6.07 Å². The summed E-state index contributed by atoms with van der Waals surface area (Å²) in [6.45, 7) is 2.54. The van der Waals surface area contributed by atoms with Crippen LogP contribution in [-0.2, 0) is 17.3 Å².